The van der Waals surface area contributed by atoms with E-state index in [1.807, 2.05) is 0 Å². The van der Waals surface area contributed by atoms with Gasteiger partial charge in [-0.25, -0.2) is 0 Å². The molecule has 17 heavy (non-hydrogen) atoms. The van der Waals surface area contributed by atoms with Crippen LogP contribution in [0.2, 0.25) is 0 Å². The summed E-state index contributed by atoms with van der Waals surface area (Å²) in [6.45, 7) is 7.79. The van der Waals surface area contributed by atoms with E-state index in [1.54, 1.807) is 0 Å². The van der Waals surface area contributed by atoms with Crippen molar-refractivity contribution < 1.29 is 0 Å². The maximum Gasteiger partial charge on any atom is 0.0401 e. The molecule has 1 aromatic carbocycles. The first-order valence-corrected chi connectivity index (χ1v) is 6.99. The zero-order valence-corrected chi connectivity index (χ0v) is 12.4. The van der Waals surface area contributed by atoms with Crippen molar-refractivity contribution in [2.75, 3.05) is 11.4 Å². The van der Waals surface area contributed by atoms with Gasteiger partial charge in [-0.2, -0.15) is 0 Å². The summed E-state index contributed by atoms with van der Waals surface area (Å²) in [5.74, 6) is 0. The molecule has 1 unspecified atom stereocenters. The first-order chi connectivity index (χ1) is 7.90. The first kappa shape index (κ1) is 12.9. The van der Waals surface area contributed by atoms with Crippen LogP contribution in [-0.2, 0) is 0 Å². The molecule has 1 fully saturated rings. The van der Waals surface area contributed by atoms with Crippen LogP contribution in [-0.4, -0.2) is 18.1 Å². The van der Waals surface area contributed by atoms with Crippen molar-refractivity contribution in [1.82, 2.24) is 0 Å². The first-order valence-electron chi connectivity index (χ1n) is 6.19. The van der Waals surface area contributed by atoms with Crippen LogP contribution in [0.3, 0.4) is 0 Å². The Hall–Kier alpha value is -0.540. The summed E-state index contributed by atoms with van der Waals surface area (Å²) in [6, 6.07) is 6.85. The quantitative estimate of drug-likeness (QED) is 0.860. The van der Waals surface area contributed by atoms with E-state index in [0.717, 1.165) is 23.9 Å². The summed E-state index contributed by atoms with van der Waals surface area (Å²) >= 11 is 3.52. The van der Waals surface area contributed by atoms with E-state index >= 15 is 0 Å². The minimum Gasteiger partial charge on any atom is -0.366 e. The van der Waals surface area contributed by atoms with Gasteiger partial charge in [0, 0.05) is 28.3 Å². The molecule has 0 spiro atoms. The Morgan fingerprint density at radius 2 is 2.12 bits per heavy atom. The van der Waals surface area contributed by atoms with Gasteiger partial charge in [0.15, 0.2) is 0 Å². The Balaban J connectivity index is 2.33. The predicted octanol–water partition coefficient (Wildman–Crippen LogP) is 3.46. The number of aryl methyl sites for hydroxylation is 1. The molecule has 1 aromatic rings. The molecule has 0 saturated carbocycles. The number of hydrogen-bond acceptors (Lipinski definition) is 2. The lowest BCUT2D eigenvalue weighted by molar-refractivity contribution is 0.327. The molecule has 1 atom stereocenters. The molecule has 0 radical (unpaired) electrons. The number of halogens is 1. The number of rotatable bonds is 1. The van der Waals surface area contributed by atoms with Crippen LogP contribution in [0, 0.1) is 6.92 Å². The highest BCUT2D eigenvalue weighted by molar-refractivity contribution is 9.10. The van der Waals surface area contributed by atoms with Crippen molar-refractivity contribution >= 4 is 21.6 Å². The molecule has 0 bridgehead atoms. The van der Waals surface area contributed by atoms with Crippen LogP contribution in [0.15, 0.2) is 22.7 Å². The minimum absolute atomic E-state index is 0.149. The molecule has 94 valence electrons. The van der Waals surface area contributed by atoms with Crippen LogP contribution in [0.4, 0.5) is 5.69 Å². The molecule has 3 heteroatoms. The molecule has 1 saturated heterocycles. The molecular formula is C14H21BrN2. The third kappa shape index (κ3) is 2.66. The standard InChI is InChI=1S/C14H21BrN2/c1-10-8-11(15)4-5-13(10)17-7-6-12(16)9-14(17,2)3/h4-5,8,12H,6-7,9,16H2,1-3H3. The second kappa shape index (κ2) is 4.62. The lowest BCUT2D eigenvalue weighted by atomic mass is 9.86. The van der Waals surface area contributed by atoms with E-state index in [2.05, 4.69) is 59.8 Å². The Kier molecular flexibility index (Phi) is 3.50. The lowest BCUT2D eigenvalue weighted by Crippen LogP contribution is -2.53. The molecule has 1 aliphatic heterocycles. The summed E-state index contributed by atoms with van der Waals surface area (Å²) in [4.78, 5) is 2.50. The largest absolute Gasteiger partial charge is 0.366 e. The van der Waals surface area contributed by atoms with Gasteiger partial charge in [-0.1, -0.05) is 15.9 Å². The number of benzene rings is 1. The molecule has 2 N–H and O–H groups in total. The maximum absolute atomic E-state index is 6.08. The zero-order valence-electron chi connectivity index (χ0n) is 10.8. The third-order valence-corrected chi connectivity index (χ3v) is 4.16. The highest BCUT2D eigenvalue weighted by Crippen LogP contribution is 2.34. The fraction of sp³-hybridized carbons (Fsp3) is 0.571. The highest BCUT2D eigenvalue weighted by atomic mass is 79.9. The SMILES string of the molecule is Cc1cc(Br)ccc1N1CCC(N)CC1(C)C. The molecule has 0 aliphatic carbocycles. The van der Waals surface area contributed by atoms with Crippen molar-refractivity contribution in [3.8, 4) is 0 Å². The van der Waals surface area contributed by atoms with E-state index in [1.165, 1.54) is 11.3 Å². The van der Waals surface area contributed by atoms with Gasteiger partial charge in [0.1, 0.15) is 0 Å². The van der Waals surface area contributed by atoms with Gasteiger partial charge in [-0.05, 0) is 57.4 Å². The average Bonchev–Trinajstić information content (AvgIpc) is 2.18. The third-order valence-electron chi connectivity index (χ3n) is 3.67. The van der Waals surface area contributed by atoms with E-state index in [4.69, 9.17) is 5.73 Å². The molecule has 1 heterocycles. The van der Waals surface area contributed by atoms with Crippen molar-refractivity contribution in [2.24, 2.45) is 5.73 Å². The van der Waals surface area contributed by atoms with E-state index in [9.17, 15) is 0 Å². The van der Waals surface area contributed by atoms with E-state index in [0.29, 0.717) is 6.04 Å². The van der Waals surface area contributed by atoms with Crippen molar-refractivity contribution in [1.29, 1.82) is 0 Å². The van der Waals surface area contributed by atoms with Crippen molar-refractivity contribution in [3.63, 3.8) is 0 Å². The number of nitrogens with two attached hydrogens (primary N) is 1. The van der Waals surface area contributed by atoms with E-state index in [-0.39, 0.29) is 5.54 Å². The maximum atomic E-state index is 6.08. The number of anilines is 1. The van der Waals surface area contributed by atoms with Crippen LogP contribution in [0.1, 0.15) is 32.3 Å². The molecule has 0 aromatic heterocycles. The van der Waals surface area contributed by atoms with Crippen LogP contribution in [0.25, 0.3) is 0 Å². The van der Waals surface area contributed by atoms with Gasteiger partial charge in [-0.15, -0.1) is 0 Å². The van der Waals surface area contributed by atoms with Gasteiger partial charge in [0.25, 0.3) is 0 Å². The van der Waals surface area contributed by atoms with Gasteiger partial charge in [-0.3, -0.25) is 0 Å². The minimum atomic E-state index is 0.149. The molecule has 2 rings (SSSR count). The van der Waals surface area contributed by atoms with Crippen LogP contribution < -0.4 is 10.6 Å². The van der Waals surface area contributed by atoms with Gasteiger partial charge >= 0.3 is 0 Å². The highest BCUT2D eigenvalue weighted by Gasteiger charge is 2.33. The fourth-order valence-electron chi connectivity index (χ4n) is 2.82. The summed E-state index contributed by atoms with van der Waals surface area (Å²) < 4.78 is 1.14. The normalized spacial score (nSPS) is 23.8. The smallest absolute Gasteiger partial charge is 0.0401 e. The second-order valence-corrected chi connectivity index (χ2v) is 6.56. The summed E-state index contributed by atoms with van der Waals surface area (Å²) in [7, 11) is 0. The van der Waals surface area contributed by atoms with Gasteiger partial charge in [0.05, 0.1) is 0 Å². The molecule has 1 aliphatic rings. The molecule has 2 nitrogen and oxygen atoms in total. The summed E-state index contributed by atoms with van der Waals surface area (Å²) in [5, 5.41) is 0. The second-order valence-electron chi connectivity index (χ2n) is 5.65. The number of hydrogen-bond donors (Lipinski definition) is 1. The molecule has 0 amide bonds. The van der Waals surface area contributed by atoms with E-state index < -0.39 is 0 Å². The Morgan fingerprint density at radius 1 is 1.41 bits per heavy atom. The lowest BCUT2D eigenvalue weighted by Gasteiger charge is -2.47. The topological polar surface area (TPSA) is 29.3 Å². The average molecular weight is 297 g/mol. The van der Waals surface area contributed by atoms with Crippen LogP contribution >= 0.6 is 15.9 Å². The predicted molar refractivity (Wildman–Crippen MR) is 77.5 cm³/mol. The van der Waals surface area contributed by atoms with Crippen molar-refractivity contribution in [2.45, 2.75) is 45.2 Å². The Labute approximate surface area is 112 Å². The van der Waals surface area contributed by atoms with Crippen LogP contribution in [0.5, 0.6) is 0 Å². The zero-order chi connectivity index (χ0) is 12.6. The molecular weight excluding hydrogens is 276 g/mol. The Morgan fingerprint density at radius 3 is 2.71 bits per heavy atom. The summed E-state index contributed by atoms with van der Waals surface area (Å²) in [5.41, 5.74) is 8.89. The van der Waals surface area contributed by atoms with Gasteiger partial charge < -0.3 is 10.6 Å². The van der Waals surface area contributed by atoms with Gasteiger partial charge in [0.2, 0.25) is 0 Å². The fourth-order valence-corrected chi connectivity index (χ4v) is 3.30. The Bertz CT molecular complexity index is 415. The number of nitrogens with zero attached hydrogens (tertiary/aromatic N) is 1. The summed E-state index contributed by atoms with van der Waals surface area (Å²) in [6.07, 6.45) is 2.14. The monoisotopic (exact) mass is 296 g/mol. The van der Waals surface area contributed by atoms with Crippen molar-refractivity contribution in [3.05, 3.63) is 28.2 Å². The number of piperidine rings is 1.